The summed E-state index contributed by atoms with van der Waals surface area (Å²) >= 11 is 7.57. The molecule has 2 aromatic rings. The van der Waals surface area contributed by atoms with Crippen LogP contribution in [-0.2, 0) is 6.54 Å². The first-order chi connectivity index (χ1) is 9.70. The monoisotopic (exact) mass is 308 g/mol. The highest BCUT2D eigenvalue weighted by atomic mass is 35.5. The van der Waals surface area contributed by atoms with Crippen molar-refractivity contribution in [3.05, 3.63) is 40.4 Å². The number of thiazole rings is 1. The Kier molecular flexibility index (Phi) is 4.36. The molecule has 1 saturated heterocycles. The van der Waals surface area contributed by atoms with Crippen molar-refractivity contribution in [2.75, 3.05) is 13.1 Å². The molecule has 20 heavy (non-hydrogen) atoms. The molecule has 1 fully saturated rings. The molecular weight excluding hydrogens is 292 g/mol. The average molecular weight is 309 g/mol. The third-order valence-electron chi connectivity index (χ3n) is 3.59. The van der Waals surface area contributed by atoms with Gasteiger partial charge in [-0.1, -0.05) is 23.7 Å². The molecule has 1 aromatic carbocycles. The molecule has 1 N–H and O–H groups in total. The van der Waals surface area contributed by atoms with Crippen molar-refractivity contribution in [2.24, 2.45) is 0 Å². The normalized spacial score (nSPS) is 17.5. The molecule has 0 radical (unpaired) electrons. The first-order valence-corrected chi connectivity index (χ1v) is 8.07. The summed E-state index contributed by atoms with van der Waals surface area (Å²) < 4.78 is 0. The van der Waals surface area contributed by atoms with Crippen LogP contribution in [0.15, 0.2) is 29.6 Å². The highest BCUT2D eigenvalue weighted by Crippen LogP contribution is 2.26. The number of hydrogen-bond donors (Lipinski definition) is 1. The van der Waals surface area contributed by atoms with Crippen molar-refractivity contribution in [3.63, 3.8) is 0 Å². The molecule has 0 aliphatic carbocycles. The van der Waals surface area contributed by atoms with Gasteiger partial charge in [-0.2, -0.15) is 0 Å². The van der Waals surface area contributed by atoms with Gasteiger partial charge in [0.05, 0.1) is 11.8 Å². The topological polar surface area (TPSA) is 36.4 Å². The van der Waals surface area contributed by atoms with Gasteiger partial charge in [-0.15, -0.1) is 11.3 Å². The Labute approximate surface area is 127 Å². The molecule has 0 bridgehead atoms. The summed E-state index contributed by atoms with van der Waals surface area (Å²) in [5, 5.41) is 13.4. The maximum Gasteiger partial charge on any atom is 0.123 e. The molecule has 1 aliphatic rings. The van der Waals surface area contributed by atoms with E-state index in [9.17, 15) is 5.11 Å². The second-order valence-corrected chi connectivity index (χ2v) is 6.45. The summed E-state index contributed by atoms with van der Waals surface area (Å²) in [5.74, 6) is 0. The lowest BCUT2D eigenvalue weighted by atomic mass is 10.1. The van der Waals surface area contributed by atoms with E-state index in [-0.39, 0.29) is 6.10 Å². The molecule has 0 saturated carbocycles. The lowest BCUT2D eigenvalue weighted by molar-refractivity contribution is 0.0787. The zero-order valence-corrected chi connectivity index (χ0v) is 12.7. The van der Waals surface area contributed by atoms with Crippen LogP contribution in [-0.4, -0.2) is 34.2 Å². The summed E-state index contributed by atoms with van der Waals surface area (Å²) in [6.45, 7) is 2.78. The van der Waals surface area contributed by atoms with Gasteiger partial charge in [-0.05, 0) is 25.0 Å². The van der Waals surface area contributed by atoms with Gasteiger partial charge in [0.15, 0.2) is 0 Å². The van der Waals surface area contributed by atoms with Crippen molar-refractivity contribution < 1.29 is 5.11 Å². The Hall–Kier alpha value is -0.940. The number of nitrogens with zero attached hydrogens (tertiary/aromatic N) is 2. The number of piperidine rings is 1. The predicted octanol–water partition coefficient (Wildman–Crippen LogP) is 3.42. The van der Waals surface area contributed by atoms with Crippen LogP contribution in [0, 0.1) is 0 Å². The van der Waals surface area contributed by atoms with Crippen LogP contribution >= 0.6 is 22.9 Å². The fraction of sp³-hybridized carbons (Fsp3) is 0.400. The minimum atomic E-state index is -0.119. The fourth-order valence-electron chi connectivity index (χ4n) is 2.41. The highest BCUT2D eigenvalue weighted by molar-refractivity contribution is 7.13. The average Bonchev–Trinajstić information content (AvgIpc) is 2.91. The SMILES string of the molecule is OC1CCN(Cc2csc(-c3ccc(Cl)cc3)n2)CC1. The van der Waals surface area contributed by atoms with Crippen LogP contribution in [0.2, 0.25) is 5.02 Å². The van der Waals surface area contributed by atoms with E-state index in [1.807, 2.05) is 24.3 Å². The Morgan fingerprint density at radius 1 is 1.25 bits per heavy atom. The van der Waals surface area contributed by atoms with E-state index < -0.39 is 0 Å². The molecule has 3 rings (SSSR count). The second-order valence-electron chi connectivity index (χ2n) is 5.16. The van der Waals surface area contributed by atoms with Gasteiger partial charge in [-0.3, -0.25) is 4.90 Å². The summed E-state index contributed by atoms with van der Waals surface area (Å²) in [4.78, 5) is 7.05. The molecule has 0 unspecified atom stereocenters. The fourth-order valence-corrected chi connectivity index (χ4v) is 3.35. The van der Waals surface area contributed by atoms with Gasteiger partial charge >= 0.3 is 0 Å². The van der Waals surface area contributed by atoms with Crippen LogP contribution in [0.1, 0.15) is 18.5 Å². The number of likely N-dealkylation sites (tertiary alicyclic amines) is 1. The molecule has 3 nitrogen and oxygen atoms in total. The molecule has 2 heterocycles. The van der Waals surface area contributed by atoms with Crippen LogP contribution in [0.3, 0.4) is 0 Å². The summed E-state index contributed by atoms with van der Waals surface area (Å²) in [7, 11) is 0. The quantitative estimate of drug-likeness (QED) is 0.944. The van der Waals surface area contributed by atoms with Crippen molar-refractivity contribution in [2.45, 2.75) is 25.5 Å². The number of benzene rings is 1. The minimum absolute atomic E-state index is 0.119. The van der Waals surface area contributed by atoms with E-state index in [0.29, 0.717) is 0 Å². The van der Waals surface area contributed by atoms with Gasteiger partial charge < -0.3 is 5.11 Å². The molecular formula is C15H17ClN2OS. The smallest absolute Gasteiger partial charge is 0.123 e. The predicted molar refractivity (Wildman–Crippen MR) is 83.1 cm³/mol. The molecule has 0 spiro atoms. The Bertz CT molecular complexity index is 562. The van der Waals surface area contributed by atoms with Crippen LogP contribution < -0.4 is 0 Å². The summed E-state index contributed by atoms with van der Waals surface area (Å²) in [6, 6.07) is 7.79. The summed E-state index contributed by atoms with van der Waals surface area (Å²) in [5.41, 5.74) is 2.22. The van der Waals surface area contributed by atoms with E-state index in [1.54, 1.807) is 11.3 Å². The van der Waals surface area contributed by atoms with Gasteiger partial charge in [0.25, 0.3) is 0 Å². The first kappa shape index (κ1) is 14.0. The lowest BCUT2D eigenvalue weighted by Gasteiger charge is -2.28. The highest BCUT2D eigenvalue weighted by Gasteiger charge is 2.17. The van der Waals surface area contributed by atoms with E-state index in [4.69, 9.17) is 16.6 Å². The Balaban J connectivity index is 1.66. The maximum absolute atomic E-state index is 9.52. The number of rotatable bonds is 3. The lowest BCUT2D eigenvalue weighted by Crippen LogP contribution is -2.35. The standard InChI is InChI=1S/C15H17ClN2OS/c16-12-3-1-11(2-4-12)15-17-13(10-20-15)9-18-7-5-14(19)6-8-18/h1-4,10,14,19H,5-9H2. The van der Waals surface area contributed by atoms with E-state index in [0.717, 1.165) is 53.8 Å². The number of aromatic nitrogens is 1. The van der Waals surface area contributed by atoms with Crippen molar-refractivity contribution in [1.29, 1.82) is 0 Å². The third kappa shape index (κ3) is 3.38. The van der Waals surface area contributed by atoms with Gasteiger partial charge in [0.1, 0.15) is 5.01 Å². The molecule has 1 aliphatic heterocycles. The van der Waals surface area contributed by atoms with Crippen LogP contribution in [0.4, 0.5) is 0 Å². The molecule has 0 atom stereocenters. The number of aliphatic hydroxyl groups excluding tert-OH is 1. The van der Waals surface area contributed by atoms with Crippen molar-refractivity contribution >= 4 is 22.9 Å². The number of halogens is 1. The van der Waals surface area contributed by atoms with Crippen molar-refractivity contribution in [3.8, 4) is 10.6 Å². The minimum Gasteiger partial charge on any atom is -0.393 e. The number of aliphatic hydroxyl groups is 1. The Morgan fingerprint density at radius 3 is 2.65 bits per heavy atom. The van der Waals surface area contributed by atoms with E-state index >= 15 is 0 Å². The largest absolute Gasteiger partial charge is 0.393 e. The van der Waals surface area contributed by atoms with E-state index in [2.05, 4.69) is 10.3 Å². The zero-order chi connectivity index (χ0) is 13.9. The van der Waals surface area contributed by atoms with Crippen LogP contribution in [0.5, 0.6) is 0 Å². The molecule has 1 aromatic heterocycles. The molecule has 0 amide bonds. The van der Waals surface area contributed by atoms with Gasteiger partial charge in [0.2, 0.25) is 0 Å². The Morgan fingerprint density at radius 2 is 1.95 bits per heavy atom. The van der Waals surface area contributed by atoms with Crippen LogP contribution in [0.25, 0.3) is 10.6 Å². The van der Waals surface area contributed by atoms with Crippen molar-refractivity contribution in [1.82, 2.24) is 9.88 Å². The first-order valence-electron chi connectivity index (χ1n) is 6.81. The third-order valence-corrected chi connectivity index (χ3v) is 4.78. The molecule has 5 heteroatoms. The maximum atomic E-state index is 9.52. The molecule has 106 valence electrons. The second kappa shape index (κ2) is 6.22. The zero-order valence-electron chi connectivity index (χ0n) is 11.1. The van der Waals surface area contributed by atoms with Gasteiger partial charge in [-0.25, -0.2) is 4.98 Å². The van der Waals surface area contributed by atoms with E-state index in [1.165, 1.54) is 0 Å². The number of hydrogen-bond acceptors (Lipinski definition) is 4. The summed E-state index contributed by atoms with van der Waals surface area (Å²) in [6.07, 6.45) is 1.62. The van der Waals surface area contributed by atoms with Gasteiger partial charge in [0, 0.05) is 35.6 Å².